The van der Waals surface area contributed by atoms with Gasteiger partial charge in [-0.2, -0.15) is 5.26 Å². The average Bonchev–Trinajstić information content (AvgIpc) is 2.43. The van der Waals surface area contributed by atoms with Crippen molar-refractivity contribution < 1.29 is 9.53 Å². The number of ether oxygens (including phenoxy) is 1. The number of hydrogen-bond acceptors (Lipinski definition) is 4. The molecule has 0 radical (unpaired) electrons. The maximum Gasteiger partial charge on any atom is 0.320 e. The Labute approximate surface area is 115 Å². The third kappa shape index (κ3) is 4.13. The zero-order chi connectivity index (χ0) is 13.5. The molecule has 0 aliphatic carbocycles. The molecule has 0 aromatic heterocycles. The molecule has 0 saturated carbocycles. The number of carbonyl (C=O) groups is 1. The average molecular weight is 311 g/mol. The number of methoxy groups -OCH3 is 1. The van der Waals surface area contributed by atoms with Gasteiger partial charge in [0.25, 0.3) is 0 Å². The topological polar surface area (TPSA) is 62.1 Å². The summed E-state index contributed by atoms with van der Waals surface area (Å²) in [6.45, 7) is 2.48. The Bertz CT molecular complexity index is 439. The predicted octanol–water partition coefficient (Wildman–Crippen LogP) is 2.15. The highest BCUT2D eigenvalue weighted by Gasteiger charge is 2.16. The van der Waals surface area contributed by atoms with Crippen LogP contribution in [0.3, 0.4) is 0 Å². The highest BCUT2D eigenvalue weighted by molar-refractivity contribution is 9.10. The first-order valence-electron chi connectivity index (χ1n) is 5.53. The number of benzene rings is 1. The van der Waals surface area contributed by atoms with Crippen molar-refractivity contribution in [2.24, 2.45) is 0 Å². The number of carbonyl (C=O) groups excluding carboxylic acids is 1. The molecular formula is C13H15BrN2O2. The van der Waals surface area contributed by atoms with Crippen LogP contribution in [0.15, 0.2) is 24.3 Å². The minimum atomic E-state index is -0.358. The van der Waals surface area contributed by atoms with Crippen LogP contribution >= 0.6 is 15.9 Å². The lowest BCUT2D eigenvalue weighted by molar-refractivity contribution is -0.139. The lowest BCUT2D eigenvalue weighted by Gasteiger charge is -2.16. The van der Waals surface area contributed by atoms with E-state index in [2.05, 4.69) is 32.1 Å². The van der Waals surface area contributed by atoms with Gasteiger partial charge in [-0.1, -0.05) is 28.1 Å². The number of rotatable bonds is 5. The van der Waals surface area contributed by atoms with Crippen molar-refractivity contribution in [1.29, 1.82) is 5.26 Å². The molecule has 2 atom stereocenters. The van der Waals surface area contributed by atoms with E-state index < -0.39 is 0 Å². The third-order valence-corrected chi connectivity index (χ3v) is 3.30. The first-order chi connectivity index (χ1) is 8.58. The van der Waals surface area contributed by atoms with Crippen LogP contribution in [0.2, 0.25) is 0 Å². The molecule has 0 saturated heterocycles. The van der Waals surface area contributed by atoms with Crippen molar-refractivity contribution in [2.45, 2.75) is 17.8 Å². The third-order valence-electron chi connectivity index (χ3n) is 2.60. The van der Waals surface area contributed by atoms with E-state index in [0.29, 0.717) is 12.1 Å². The fourth-order valence-corrected chi connectivity index (χ4v) is 1.83. The van der Waals surface area contributed by atoms with E-state index in [0.717, 1.165) is 5.56 Å². The van der Waals surface area contributed by atoms with Crippen LogP contribution in [0, 0.1) is 11.3 Å². The van der Waals surface area contributed by atoms with E-state index >= 15 is 0 Å². The standard InChI is InChI=1S/C13H15BrN2O2/c1-9(16-8-12(14)13(17)18-2)11-5-3-10(7-15)4-6-11/h3-6,9,12,16H,8H2,1-2H3. The number of nitrogens with one attached hydrogen (secondary N) is 1. The van der Waals surface area contributed by atoms with Crippen molar-refractivity contribution in [3.63, 3.8) is 0 Å². The Morgan fingerprint density at radius 3 is 2.61 bits per heavy atom. The molecule has 1 aromatic rings. The monoisotopic (exact) mass is 310 g/mol. The van der Waals surface area contributed by atoms with Gasteiger partial charge in [0.1, 0.15) is 4.83 Å². The molecule has 4 nitrogen and oxygen atoms in total. The quantitative estimate of drug-likeness (QED) is 0.668. The Hall–Kier alpha value is -1.38. The molecule has 0 bridgehead atoms. The fourth-order valence-electron chi connectivity index (χ4n) is 1.46. The summed E-state index contributed by atoms with van der Waals surface area (Å²) in [5.74, 6) is -0.297. The summed E-state index contributed by atoms with van der Waals surface area (Å²) in [6.07, 6.45) is 0. The summed E-state index contributed by atoms with van der Waals surface area (Å²) in [7, 11) is 1.36. The van der Waals surface area contributed by atoms with Gasteiger partial charge in [0.15, 0.2) is 0 Å². The largest absolute Gasteiger partial charge is 0.468 e. The highest BCUT2D eigenvalue weighted by atomic mass is 79.9. The second-order valence-corrected chi connectivity index (χ2v) is 4.96. The second-order valence-electron chi connectivity index (χ2n) is 3.85. The normalized spacial score (nSPS) is 13.4. The van der Waals surface area contributed by atoms with Crippen LogP contribution in [0.25, 0.3) is 0 Å². The van der Waals surface area contributed by atoms with Gasteiger partial charge in [-0.3, -0.25) is 4.79 Å². The molecular weight excluding hydrogens is 296 g/mol. The SMILES string of the molecule is COC(=O)C(Br)CNC(C)c1ccc(C#N)cc1. The van der Waals surface area contributed by atoms with Gasteiger partial charge in [-0.05, 0) is 24.6 Å². The highest BCUT2D eigenvalue weighted by Crippen LogP contribution is 2.13. The number of halogens is 1. The second kappa shape index (κ2) is 7.14. The number of nitrogens with zero attached hydrogens (tertiary/aromatic N) is 1. The Balaban J connectivity index is 2.52. The van der Waals surface area contributed by atoms with Crippen LogP contribution in [0.4, 0.5) is 0 Å². The first kappa shape index (κ1) is 14.7. The van der Waals surface area contributed by atoms with Gasteiger partial charge >= 0.3 is 5.97 Å². The number of alkyl halides is 1. The number of hydrogen-bond donors (Lipinski definition) is 1. The van der Waals surface area contributed by atoms with Gasteiger partial charge in [0, 0.05) is 12.6 Å². The Morgan fingerprint density at radius 1 is 1.50 bits per heavy atom. The maximum absolute atomic E-state index is 11.2. The summed E-state index contributed by atoms with van der Waals surface area (Å²) in [5, 5.41) is 11.9. The van der Waals surface area contributed by atoms with Crippen molar-refractivity contribution >= 4 is 21.9 Å². The van der Waals surface area contributed by atoms with Crippen molar-refractivity contribution in [3.8, 4) is 6.07 Å². The Kier molecular flexibility index (Phi) is 5.83. The van der Waals surface area contributed by atoms with Crippen LogP contribution < -0.4 is 5.32 Å². The molecule has 1 aromatic carbocycles. The van der Waals surface area contributed by atoms with E-state index in [4.69, 9.17) is 5.26 Å². The smallest absolute Gasteiger partial charge is 0.320 e. The van der Waals surface area contributed by atoms with Crippen molar-refractivity contribution in [3.05, 3.63) is 35.4 Å². The van der Waals surface area contributed by atoms with E-state index in [-0.39, 0.29) is 16.8 Å². The van der Waals surface area contributed by atoms with Gasteiger partial charge in [0.05, 0.1) is 18.7 Å². The summed E-state index contributed by atoms with van der Waals surface area (Å²) >= 11 is 3.25. The zero-order valence-corrected chi connectivity index (χ0v) is 11.9. The molecule has 0 aliphatic rings. The summed E-state index contributed by atoms with van der Waals surface area (Å²) < 4.78 is 4.62. The summed E-state index contributed by atoms with van der Waals surface area (Å²) in [6, 6.07) is 9.53. The number of esters is 1. The molecule has 96 valence electrons. The predicted molar refractivity (Wildman–Crippen MR) is 72.3 cm³/mol. The fraction of sp³-hybridized carbons (Fsp3) is 0.385. The molecule has 18 heavy (non-hydrogen) atoms. The zero-order valence-electron chi connectivity index (χ0n) is 10.3. The molecule has 0 heterocycles. The maximum atomic E-state index is 11.2. The van der Waals surface area contributed by atoms with Crippen molar-refractivity contribution in [1.82, 2.24) is 5.32 Å². The number of nitriles is 1. The van der Waals surface area contributed by atoms with Crippen molar-refractivity contribution in [2.75, 3.05) is 13.7 Å². The summed E-state index contributed by atoms with van der Waals surface area (Å²) in [4.78, 5) is 10.8. The van der Waals surface area contributed by atoms with E-state index in [1.165, 1.54) is 7.11 Å². The lowest BCUT2D eigenvalue weighted by atomic mass is 10.1. The van der Waals surface area contributed by atoms with Crippen LogP contribution in [0.1, 0.15) is 24.1 Å². The van der Waals surface area contributed by atoms with Gasteiger partial charge in [-0.25, -0.2) is 0 Å². The lowest BCUT2D eigenvalue weighted by Crippen LogP contribution is -2.31. The molecule has 0 spiro atoms. The molecule has 2 unspecified atom stereocenters. The molecule has 0 aliphatic heterocycles. The van der Waals surface area contributed by atoms with Crippen LogP contribution in [-0.4, -0.2) is 24.5 Å². The summed E-state index contributed by atoms with van der Waals surface area (Å²) in [5.41, 5.74) is 1.71. The van der Waals surface area contributed by atoms with E-state index in [9.17, 15) is 4.79 Å². The molecule has 0 amide bonds. The van der Waals surface area contributed by atoms with Crippen LogP contribution in [-0.2, 0) is 9.53 Å². The molecule has 0 fully saturated rings. The minimum absolute atomic E-state index is 0.0995. The van der Waals surface area contributed by atoms with E-state index in [1.807, 2.05) is 19.1 Å². The molecule has 1 N–H and O–H groups in total. The van der Waals surface area contributed by atoms with Crippen LogP contribution in [0.5, 0.6) is 0 Å². The van der Waals surface area contributed by atoms with Gasteiger partial charge in [0.2, 0.25) is 0 Å². The van der Waals surface area contributed by atoms with E-state index in [1.54, 1.807) is 12.1 Å². The minimum Gasteiger partial charge on any atom is -0.468 e. The first-order valence-corrected chi connectivity index (χ1v) is 6.45. The van der Waals surface area contributed by atoms with Gasteiger partial charge < -0.3 is 10.1 Å². The Morgan fingerprint density at radius 2 is 2.11 bits per heavy atom. The molecule has 1 rings (SSSR count). The van der Waals surface area contributed by atoms with Gasteiger partial charge in [-0.15, -0.1) is 0 Å². The molecule has 5 heteroatoms.